The van der Waals surface area contributed by atoms with Crippen LogP contribution in [0.15, 0.2) is 72.1 Å². The van der Waals surface area contributed by atoms with Crippen LogP contribution in [-0.2, 0) is 9.59 Å². The van der Waals surface area contributed by atoms with Gasteiger partial charge in [-0.2, -0.15) is 5.26 Å². The Morgan fingerprint density at radius 3 is 2.34 bits per heavy atom. The number of nitrogens with zero attached hydrogens (tertiary/aromatic N) is 2. The van der Waals surface area contributed by atoms with E-state index >= 15 is 0 Å². The van der Waals surface area contributed by atoms with Crippen LogP contribution >= 0.6 is 11.3 Å². The molecule has 1 aromatic heterocycles. The number of hydrogen-bond acceptors (Lipinski definition) is 5. The minimum absolute atomic E-state index is 0.000499. The van der Waals surface area contributed by atoms with Gasteiger partial charge in [-0.15, -0.1) is 11.3 Å². The summed E-state index contributed by atoms with van der Waals surface area (Å²) < 4.78 is 0. The molecule has 0 atom stereocenters. The van der Waals surface area contributed by atoms with Crippen molar-refractivity contribution in [1.82, 2.24) is 0 Å². The minimum Gasteiger partial charge on any atom is -0.326 e. The number of anilines is 3. The molecule has 1 heterocycles. The number of para-hydroxylation sites is 1. The Balaban J connectivity index is 1.55. The monoisotopic (exact) mass is 446 g/mol. The van der Waals surface area contributed by atoms with Crippen molar-refractivity contribution < 1.29 is 14.4 Å². The molecule has 0 radical (unpaired) electrons. The summed E-state index contributed by atoms with van der Waals surface area (Å²) in [5, 5.41) is 16.3. The minimum atomic E-state index is -0.312. The first-order valence-corrected chi connectivity index (χ1v) is 10.9. The van der Waals surface area contributed by atoms with Crippen LogP contribution in [-0.4, -0.2) is 24.3 Å². The lowest BCUT2D eigenvalue weighted by atomic mass is 10.2. The van der Waals surface area contributed by atoms with Crippen molar-refractivity contribution in [3.8, 4) is 6.07 Å². The van der Waals surface area contributed by atoms with Gasteiger partial charge in [-0.3, -0.25) is 14.4 Å². The normalized spacial score (nSPS) is 10.1. The lowest BCUT2D eigenvalue weighted by molar-refractivity contribution is -0.122. The molecule has 32 heavy (non-hydrogen) atoms. The van der Waals surface area contributed by atoms with Gasteiger partial charge in [-0.1, -0.05) is 30.3 Å². The van der Waals surface area contributed by atoms with Crippen LogP contribution in [0.2, 0.25) is 0 Å². The number of nitriles is 1. The average Bonchev–Trinajstić information content (AvgIpc) is 3.34. The van der Waals surface area contributed by atoms with Crippen molar-refractivity contribution in [2.45, 2.75) is 19.3 Å². The Morgan fingerprint density at radius 2 is 1.66 bits per heavy atom. The first-order valence-electron chi connectivity index (χ1n) is 10.0. The van der Waals surface area contributed by atoms with Gasteiger partial charge in [-0.25, -0.2) is 0 Å². The molecule has 0 saturated carbocycles. The zero-order valence-electron chi connectivity index (χ0n) is 17.3. The van der Waals surface area contributed by atoms with E-state index in [0.717, 1.165) is 0 Å². The molecule has 0 aliphatic heterocycles. The van der Waals surface area contributed by atoms with Gasteiger partial charge in [0, 0.05) is 36.4 Å². The van der Waals surface area contributed by atoms with E-state index < -0.39 is 0 Å². The van der Waals surface area contributed by atoms with Gasteiger partial charge < -0.3 is 15.5 Å². The van der Waals surface area contributed by atoms with Crippen LogP contribution in [0.4, 0.5) is 17.1 Å². The highest BCUT2D eigenvalue weighted by Crippen LogP contribution is 2.19. The van der Waals surface area contributed by atoms with E-state index in [-0.39, 0.29) is 43.5 Å². The molecule has 0 unspecified atom stereocenters. The van der Waals surface area contributed by atoms with Crippen LogP contribution in [0, 0.1) is 11.3 Å². The topological polar surface area (TPSA) is 102 Å². The van der Waals surface area contributed by atoms with Crippen LogP contribution in [0.5, 0.6) is 0 Å². The highest BCUT2D eigenvalue weighted by Gasteiger charge is 2.17. The molecule has 3 aromatic rings. The number of benzene rings is 2. The largest absolute Gasteiger partial charge is 0.326 e. The van der Waals surface area contributed by atoms with Gasteiger partial charge in [0.2, 0.25) is 11.8 Å². The van der Waals surface area contributed by atoms with E-state index in [2.05, 4.69) is 10.6 Å². The van der Waals surface area contributed by atoms with E-state index in [1.54, 1.807) is 48.5 Å². The van der Waals surface area contributed by atoms with E-state index in [1.165, 1.54) is 16.2 Å². The number of carbonyl (C=O) groups excluding carboxylic acids is 3. The second-order valence-corrected chi connectivity index (χ2v) is 7.80. The Kier molecular flexibility index (Phi) is 8.12. The molecular weight excluding hydrogens is 424 g/mol. The highest BCUT2D eigenvalue weighted by atomic mass is 32.1. The van der Waals surface area contributed by atoms with Gasteiger partial charge in [0.1, 0.15) is 0 Å². The molecule has 2 aromatic carbocycles. The predicted octanol–water partition coefficient (Wildman–Crippen LogP) is 4.67. The van der Waals surface area contributed by atoms with E-state index in [1.807, 2.05) is 29.6 Å². The van der Waals surface area contributed by atoms with E-state index in [0.29, 0.717) is 21.9 Å². The summed E-state index contributed by atoms with van der Waals surface area (Å²) in [6, 6.07) is 21.5. The second-order valence-electron chi connectivity index (χ2n) is 6.85. The Hall–Kier alpha value is -3.96. The molecule has 0 bridgehead atoms. The third-order valence-electron chi connectivity index (χ3n) is 4.53. The quantitative estimate of drug-likeness (QED) is 0.499. The molecule has 0 spiro atoms. The maximum Gasteiger partial charge on any atom is 0.265 e. The first-order chi connectivity index (χ1) is 15.6. The molecule has 7 nitrogen and oxygen atoms in total. The van der Waals surface area contributed by atoms with Crippen molar-refractivity contribution in [3.63, 3.8) is 0 Å². The third kappa shape index (κ3) is 6.52. The van der Waals surface area contributed by atoms with Gasteiger partial charge >= 0.3 is 0 Å². The van der Waals surface area contributed by atoms with Gasteiger partial charge in [0.25, 0.3) is 5.91 Å². The summed E-state index contributed by atoms with van der Waals surface area (Å²) in [7, 11) is 0. The molecule has 162 valence electrons. The van der Waals surface area contributed by atoms with Crippen molar-refractivity contribution in [2.75, 3.05) is 22.1 Å². The fourth-order valence-electron chi connectivity index (χ4n) is 3.02. The van der Waals surface area contributed by atoms with Gasteiger partial charge in [0.05, 0.1) is 17.4 Å². The molecule has 0 aliphatic carbocycles. The zero-order chi connectivity index (χ0) is 22.8. The van der Waals surface area contributed by atoms with Crippen molar-refractivity contribution in [3.05, 3.63) is 77.0 Å². The van der Waals surface area contributed by atoms with E-state index in [9.17, 15) is 14.4 Å². The van der Waals surface area contributed by atoms with Crippen LogP contribution < -0.4 is 15.5 Å². The smallest absolute Gasteiger partial charge is 0.265 e. The lowest BCUT2D eigenvalue weighted by Crippen LogP contribution is -2.32. The van der Waals surface area contributed by atoms with Crippen LogP contribution in [0.3, 0.4) is 0 Å². The average molecular weight is 447 g/mol. The molecular formula is C24H22N4O3S. The molecule has 3 amide bonds. The fraction of sp³-hybridized carbons (Fsp3) is 0.167. The van der Waals surface area contributed by atoms with Crippen molar-refractivity contribution in [2.24, 2.45) is 0 Å². The molecule has 3 rings (SSSR count). The fourth-order valence-corrected chi connectivity index (χ4v) is 3.64. The van der Waals surface area contributed by atoms with Gasteiger partial charge in [-0.05, 0) is 41.8 Å². The van der Waals surface area contributed by atoms with Crippen LogP contribution in [0.1, 0.15) is 28.9 Å². The number of amides is 3. The lowest BCUT2D eigenvalue weighted by Gasteiger charge is -2.21. The number of hydrogen-bond donors (Lipinski definition) is 2. The summed E-state index contributed by atoms with van der Waals surface area (Å²) in [6.45, 7) is 0.271. The standard InChI is InChI=1S/C24H22N4O3S/c25-14-6-15-28(20-9-2-1-3-10-20)23(30)13-12-22(29)26-18-7-4-8-19(17-18)27-24(31)21-11-5-16-32-21/h1-5,7-11,16-17H,6,12-13,15H2,(H,26,29)(H,27,31). The summed E-state index contributed by atoms with van der Waals surface area (Å²) >= 11 is 1.34. The molecule has 2 N–H and O–H groups in total. The molecule has 8 heteroatoms. The number of nitrogens with one attached hydrogen (secondary N) is 2. The molecule has 0 aliphatic rings. The van der Waals surface area contributed by atoms with Crippen molar-refractivity contribution >= 4 is 46.1 Å². The predicted molar refractivity (Wildman–Crippen MR) is 126 cm³/mol. The SMILES string of the molecule is N#CCCN(C(=O)CCC(=O)Nc1cccc(NC(=O)c2cccs2)c1)c1ccccc1. The van der Waals surface area contributed by atoms with Crippen molar-refractivity contribution in [1.29, 1.82) is 5.26 Å². The first kappa shape index (κ1) is 22.7. The maximum absolute atomic E-state index is 12.7. The summed E-state index contributed by atoms with van der Waals surface area (Å²) in [5.41, 5.74) is 1.78. The van der Waals surface area contributed by atoms with E-state index in [4.69, 9.17) is 5.26 Å². The maximum atomic E-state index is 12.7. The Bertz CT molecular complexity index is 1110. The number of thiophene rings is 1. The Morgan fingerprint density at radius 1 is 0.906 bits per heavy atom. The second kappa shape index (κ2) is 11.4. The summed E-state index contributed by atoms with van der Waals surface area (Å²) in [4.78, 5) is 39.4. The zero-order valence-corrected chi connectivity index (χ0v) is 18.1. The third-order valence-corrected chi connectivity index (χ3v) is 5.40. The summed E-state index contributed by atoms with van der Waals surface area (Å²) in [5.74, 6) is -0.751. The molecule has 0 saturated heterocycles. The highest BCUT2D eigenvalue weighted by molar-refractivity contribution is 7.12. The number of rotatable bonds is 9. The summed E-state index contributed by atoms with van der Waals surface area (Å²) in [6.07, 6.45) is 0.221. The van der Waals surface area contributed by atoms with Gasteiger partial charge in [0.15, 0.2) is 0 Å². The Labute approximate surface area is 190 Å². The number of carbonyl (C=O) groups is 3. The molecule has 0 fully saturated rings. The van der Waals surface area contributed by atoms with Crippen LogP contribution in [0.25, 0.3) is 0 Å².